The van der Waals surface area contributed by atoms with Crippen LogP contribution in [-0.2, 0) is 11.2 Å². The summed E-state index contributed by atoms with van der Waals surface area (Å²) in [5.41, 5.74) is 1.63. The van der Waals surface area contributed by atoms with E-state index in [-0.39, 0.29) is 11.6 Å². The van der Waals surface area contributed by atoms with Crippen LogP contribution in [0.3, 0.4) is 0 Å². The molecular formula is C22H25N3O3. The molecule has 2 aliphatic rings. The van der Waals surface area contributed by atoms with Gasteiger partial charge in [-0.25, -0.2) is 5.01 Å². The number of rotatable bonds is 5. The molecule has 0 aliphatic carbocycles. The number of hydrogen-bond donors (Lipinski definition) is 0. The second-order valence-electron chi connectivity index (χ2n) is 7.41. The predicted octanol–water partition coefficient (Wildman–Crippen LogP) is 3.56. The van der Waals surface area contributed by atoms with Crippen LogP contribution in [0.25, 0.3) is 0 Å². The average molecular weight is 379 g/mol. The van der Waals surface area contributed by atoms with E-state index in [9.17, 15) is 0 Å². The van der Waals surface area contributed by atoms with Crippen molar-refractivity contribution in [2.24, 2.45) is 5.10 Å². The van der Waals surface area contributed by atoms with Gasteiger partial charge in [-0.1, -0.05) is 36.4 Å². The Morgan fingerprint density at radius 2 is 1.75 bits per heavy atom. The Balaban J connectivity index is 1.66. The maximum atomic E-state index is 6.16. The first-order valence-electron chi connectivity index (χ1n) is 9.35. The highest BCUT2D eigenvalue weighted by atomic mass is 16.5. The number of methoxy groups -OCH3 is 2. The molecule has 6 nitrogen and oxygen atoms in total. The first-order valence-corrected chi connectivity index (χ1v) is 9.35. The van der Waals surface area contributed by atoms with Gasteiger partial charge in [0, 0.05) is 0 Å². The van der Waals surface area contributed by atoms with Crippen molar-refractivity contribution >= 4 is 11.5 Å². The van der Waals surface area contributed by atoms with Crippen molar-refractivity contribution in [2.45, 2.75) is 31.9 Å². The minimum absolute atomic E-state index is 0.0631. The van der Waals surface area contributed by atoms with Crippen molar-refractivity contribution in [3.8, 4) is 11.5 Å². The summed E-state index contributed by atoms with van der Waals surface area (Å²) in [6.45, 7) is 8.07. The molecule has 2 aromatic carbocycles. The van der Waals surface area contributed by atoms with Crippen LogP contribution in [0.4, 0.5) is 5.69 Å². The highest BCUT2D eigenvalue weighted by molar-refractivity contribution is 5.90. The van der Waals surface area contributed by atoms with Gasteiger partial charge in [-0.3, -0.25) is 0 Å². The van der Waals surface area contributed by atoms with Crippen LogP contribution in [0.15, 0.2) is 53.6 Å². The SMILES string of the molecule is COc1cccc(OC)c1N1[C]N2C(=N1)COC(C)(C)[C@@H]2Cc1ccccc1. The molecule has 28 heavy (non-hydrogen) atoms. The molecule has 1 fully saturated rings. The molecule has 6 heteroatoms. The lowest BCUT2D eigenvalue weighted by molar-refractivity contribution is -0.0666. The molecule has 2 aliphatic heterocycles. The molecule has 4 rings (SSSR count). The van der Waals surface area contributed by atoms with Gasteiger partial charge >= 0.3 is 0 Å². The normalized spacial score (nSPS) is 20.6. The van der Waals surface area contributed by atoms with Gasteiger partial charge in [0.05, 0.1) is 25.9 Å². The molecule has 1 saturated heterocycles. The average Bonchev–Trinajstić information content (AvgIpc) is 3.14. The fraction of sp³-hybridized carbons (Fsp3) is 0.364. The number of ether oxygens (including phenoxy) is 3. The summed E-state index contributed by atoms with van der Waals surface area (Å²) in [5, 5.41) is 6.44. The molecule has 0 N–H and O–H groups in total. The highest BCUT2D eigenvalue weighted by Crippen LogP contribution is 2.42. The number of hydrazone groups is 1. The standard InChI is InChI=1S/C22H25N3O3/c1-22(2)19(13-16-9-6-5-7-10-16)24-15-25(23-20(24)14-28-22)21-17(26-3)11-8-12-18(21)27-4/h5-12,19H,13-14H2,1-4H3/t19-/m0/s1. The Bertz CT molecular complexity index is 844. The first kappa shape index (κ1) is 18.6. The third kappa shape index (κ3) is 3.29. The second-order valence-corrected chi connectivity index (χ2v) is 7.41. The minimum atomic E-state index is -0.345. The largest absolute Gasteiger partial charge is 0.494 e. The molecule has 2 radical (unpaired) electrons. The molecule has 0 spiro atoms. The predicted molar refractivity (Wildman–Crippen MR) is 109 cm³/mol. The van der Waals surface area contributed by atoms with Gasteiger partial charge in [-0.2, -0.15) is 5.10 Å². The monoisotopic (exact) mass is 379 g/mol. The van der Waals surface area contributed by atoms with E-state index in [1.165, 1.54) is 5.56 Å². The topological polar surface area (TPSA) is 46.5 Å². The Labute approximate surface area is 166 Å². The highest BCUT2D eigenvalue weighted by Gasteiger charge is 2.46. The minimum Gasteiger partial charge on any atom is -0.494 e. The lowest BCUT2D eigenvalue weighted by Gasteiger charge is -2.44. The number of anilines is 1. The summed E-state index contributed by atoms with van der Waals surface area (Å²) in [7, 11) is 3.28. The van der Waals surface area contributed by atoms with Crippen molar-refractivity contribution in [1.29, 1.82) is 0 Å². The second kappa shape index (κ2) is 7.36. The fourth-order valence-electron chi connectivity index (χ4n) is 3.67. The van der Waals surface area contributed by atoms with Crippen LogP contribution in [0, 0.1) is 6.67 Å². The summed E-state index contributed by atoms with van der Waals surface area (Å²) in [5.74, 6) is 2.18. The number of benzene rings is 2. The van der Waals surface area contributed by atoms with Crippen molar-refractivity contribution in [3.05, 3.63) is 60.8 Å². The molecule has 0 unspecified atom stereocenters. The van der Waals surface area contributed by atoms with E-state index in [0.717, 1.165) is 17.9 Å². The first-order chi connectivity index (χ1) is 13.5. The third-order valence-electron chi connectivity index (χ3n) is 5.27. The molecule has 0 amide bonds. The zero-order chi connectivity index (χ0) is 19.7. The maximum Gasteiger partial charge on any atom is 0.233 e. The van der Waals surface area contributed by atoms with Crippen LogP contribution < -0.4 is 14.5 Å². The van der Waals surface area contributed by atoms with Crippen molar-refractivity contribution in [3.63, 3.8) is 0 Å². The number of para-hydroxylation sites is 1. The fourth-order valence-corrected chi connectivity index (χ4v) is 3.67. The number of amidine groups is 1. The molecule has 0 saturated carbocycles. The molecule has 2 aromatic rings. The quantitative estimate of drug-likeness (QED) is 0.795. The smallest absolute Gasteiger partial charge is 0.233 e. The van der Waals surface area contributed by atoms with Gasteiger partial charge < -0.3 is 19.1 Å². The van der Waals surface area contributed by atoms with Crippen LogP contribution in [-0.4, -0.2) is 43.2 Å². The number of nitrogens with zero attached hydrogens (tertiary/aromatic N) is 3. The lowest BCUT2D eigenvalue weighted by atomic mass is 9.89. The number of morpholine rings is 1. The van der Waals surface area contributed by atoms with Crippen molar-refractivity contribution in [2.75, 3.05) is 25.8 Å². The Morgan fingerprint density at radius 1 is 1.07 bits per heavy atom. The van der Waals surface area contributed by atoms with Gasteiger partial charge in [0.25, 0.3) is 0 Å². The number of hydrogen-bond acceptors (Lipinski definition) is 6. The molecule has 1 atom stereocenters. The van der Waals surface area contributed by atoms with Crippen LogP contribution >= 0.6 is 0 Å². The molecule has 146 valence electrons. The van der Waals surface area contributed by atoms with Gasteiger partial charge in [-0.05, 0) is 38.0 Å². The van der Waals surface area contributed by atoms with Gasteiger partial charge in [-0.15, -0.1) is 0 Å². The zero-order valence-electron chi connectivity index (χ0n) is 16.7. The van der Waals surface area contributed by atoms with E-state index in [4.69, 9.17) is 19.3 Å². The van der Waals surface area contributed by atoms with Gasteiger partial charge in [0.15, 0.2) is 5.84 Å². The van der Waals surface area contributed by atoms with Gasteiger partial charge in [0.1, 0.15) is 23.8 Å². The maximum absolute atomic E-state index is 6.16. The van der Waals surface area contributed by atoms with E-state index < -0.39 is 0 Å². The van der Waals surface area contributed by atoms with Crippen LogP contribution in [0.5, 0.6) is 11.5 Å². The summed E-state index contributed by atoms with van der Waals surface area (Å²) < 4.78 is 17.2. The Kier molecular flexibility index (Phi) is 4.89. The van der Waals surface area contributed by atoms with E-state index in [1.54, 1.807) is 19.2 Å². The van der Waals surface area contributed by atoms with E-state index in [0.29, 0.717) is 18.1 Å². The zero-order valence-corrected chi connectivity index (χ0v) is 16.7. The molecule has 2 heterocycles. The third-order valence-corrected chi connectivity index (χ3v) is 5.27. The Morgan fingerprint density at radius 3 is 2.39 bits per heavy atom. The van der Waals surface area contributed by atoms with E-state index >= 15 is 0 Å². The molecular weight excluding hydrogens is 354 g/mol. The number of fused-ring (bicyclic) bond motifs is 1. The van der Waals surface area contributed by atoms with Gasteiger partial charge in [0.2, 0.25) is 6.67 Å². The Hall–Kier alpha value is -2.73. The van der Waals surface area contributed by atoms with Crippen molar-refractivity contribution in [1.82, 2.24) is 4.90 Å². The van der Waals surface area contributed by atoms with E-state index in [2.05, 4.69) is 49.7 Å². The summed E-state index contributed by atoms with van der Waals surface area (Å²) >= 11 is 0. The summed E-state index contributed by atoms with van der Waals surface area (Å²) in [6, 6.07) is 16.2. The lowest BCUT2D eigenvalue weighted by Crippen LogP contribution is -2.58. The summed E-state index contributed by atoms with van der Waals surface area (Å²) in [4.78, 5) is 2.10. The summed E-state index contributed by atoms with van der Waals surface area (Å²) in [6.07, 6.45) is 0.830. The van der Waals surface area contributed by atoms with Crippen LogP contribution in [0.1, 0.15) is 19.4 Å². The van der Waals surface area contributed by atoms with Crippen molar-refractivity contribution < 1.29 is 14.2 Å². The van der Waals surface area contributed by atoms with Crippen LogP contribution in [0.2, 0.25) is 0 Å². The molecule has 0 bridgehead atoms. The van der Waals surface area contributed by atoms with E-state index in [1.807, 2.05) is 24.3 Å². The molecule has 0 aromatic heterocycles.